The SMILES string of the molecule is CCOC(=O)CSCC(=O)c1c[nH]c2ccccc12. The molecule has 0 aliphatic carbocycles. The molecule has 0 fully saturated rings. The van der Waals surface area contributed by atoms with Crippen molar-refractivity contribution in [2.75, 3.05) is 18.1 Å². The van der Waals surface area contributed by atoms with Crippen LogP contribution in [-0.2, 0) is 9.53 Å². The van der Waals surface area contributed by atoms with Crippen molar-refractivity contribution in [3.05, 3.63) is 36.0 Å². The summed E-state index contributed by atoms with van der Waals surface area (Å²) in [5.41, 5.74) is 1.62. The van der Waals surface area contributed by atoms with Crippen molar-refractivity contribution in [1.29, 1.82) is 0 Å². The number of carbonyl (C=O) groups is 2. The van der Waals surface area contributed by atoms with Crippen LogP contribution in [0.25, 0.3) is 10.9 Å². The first-order valence-electron chi connectivity index (χ1n) is 6.05. The Morgan fingerprint density at radius 2 is 2.05 bits per heavy atom. The Morgan fingerprint density at radius 3 is 2.84 bits per heavy atom. The largest absolute Gasteiger partial charge is 0.465 e. The van der Waals surface area contributed by atoms with Crippen LogP contribution in [0.2, 0.25) is 0 Å². The van der Waals surface area contributed by atoms with E-state index in [1.54, 1.807) is 13.1 Å². The van der Waals surface area contributed by atoms with Gasteiger partial charge in [-0.2, -0.15) is 0 Å². The van der Waals surface area contributed by atoms with Crippen LogP contribution in [0.1, 0.15) is 17.3 Å². The molecular formula is C14H15NO3S. The van der Waals surface area contributed by atoms with Crippen LogP contribution in [0.3, 0.4) is 0 Å². The summed E-state index contributed by atoms with van der Waals surface area (Å²) in [6.07, 6.45) is 1.72. The molecule has 100 valence electrons. The molecule has 0 saturated carbocycles. The summed E-state index contributed by atoms with van der Waals surface area (Å²) < 4.78 is 4.81. The van der Waals surface area contributed by atoms with Crippen LogP contribution >= 0.6 is 11.8 Å². The fourth-order valence-electron chi connectivity index (χ4n) is 1.81. The third-order valence-electron chi connectivity index (χ3n) is 2.65. The first kappa shape index (κ1) is 13.7. The number of hydrogen-bond donors (Lipinski definition) is 1. The Balaban J connectivity index is 1.95. The number of Topliss-reactive ketones (excluding diaryl/α,β-unsaturated/α-hetero) is 1. The van der Waals surface area contributed by atoms with Gasteiger partial charge >= 0.3 is 5.97 Å². The van der Waals surface area contributed by atoms with Gasteiger partial charge in [0.25, 0.3) is 0 Å². The minimum Gasteiger partial charge on any atom is -0.465 e. The fourth-order valence-corrected chi connectivity index (χ4v) is 2.50. The number of ether oxygens (including phenoxy) is 1. The molecule has 4 nitrogen and oxygen atoms in total. The van der Waals surface area contributed by atoms with Crippen molar-refractivity contribution in [2.45, 2.75) is 6.92 Å². The predicted octanol–water partition coefficient (Wildman–Crippen LogP) is 2.65. The zero-order valence-electron chi connectivity index (χ0n) is 10.6. The quantitative estimate of drug-likeness (QED) is 0.651. The van der Waals surface area contributed by atoms with Gasteiger partial charge in [-0.3, -0.25) is 9.59 Å². The van der Waals surface area contributed by atoms with E-state index in [1.807, 2.05) is 24.3 Å². The lowest BCUT2D eigenvalue weighted by molar-refractivity contribution is -0.139. The van der Waals surface area contributed by atoms with Crippen molar-refractivity contribution < 1.29 is 14.3 Å². The molecule has 0 saturated heterocycles. The number of aromatic nitrogens is 1. The smallest absolute Gasteiger partial charge is 0.315 e. The highest BCUT2D eigenvalue weighted by Gasteiger charge is 2.12. The van der Waals surface area contributed by atoms with E-state index in [2.05, 4.69) is 4.98 Å². The molecule has 0 aliphatic heterocycles. The summed E-state index contributed by atoms with van der Waals surface area (Å²) in [5.74, 6) is 0.230. The van der Waals surface area contributed by atoms with E-state index in [1.165, 1.54) is 11.8 Å². The maximum Gasteiger partial charge on any atom is 0.315 e. The van der Waals surface area contributed by atoms with Gasteiger partial charge < -0.3 is 9.72 Å². The minimum absolute atomic E-state index is 0.0201. The normalized spacial score (nSPS) is 10.6. The van der Waals surface area contributed by atoms with Gasteiger partial charge in [0, 0.05) is 22.7 Å². The lowest BCUT2D eigenvalue weighted by Crippen LogP contribution is -2.09. The molecule has 0 spiro atoms. The molecule has 1 heterocycles. The van der Waals surface area contributed by atoms with Gasteiger partial charge in [0.05, 0.1) is 18.1 Å². The summed E-state index contributed by atoms with van der Waals surface area (Å²) >= 11 is 1.28. The molecule has 0 amide bonds. The summed E-state index contributed by atoms with van der Waals surface area (Å²) in [6.45, 7) is 2.13. The number of H-pyrrole nitrogens is 1. The Hall–Kier alpha value is -1.75. The number of fused-ring (bicyclic) bond motifs is 1. The first-order chi connectivity index (χ1) is 9.22. The highest BCUT2D eigenvalue weighted by Crippen LogP contribution is 2.19. The summed E-state index contributed by atoms with van der Waals surface area (Å²) in [4.78, 5) is 26.3. The maximum atomic E-state index is 12.1. The second kappa shape index (κ2) is 6.43. The standard InChI is InChI=1S/C14H15NO3S/c1-2-18-14(17)9-19-8-13(16)11-7-15-12-6-4-3-5-10(11)12/h3-7,15H,2,8-9H2,1H3. The molecule has 0 atom stereocenters. The van der Waals surface area contributed by atoms with E-state index < -0.39 is 0 Å². The van der Waals surface area contributed by atoms with Crippen LogP contribution in [-0.4, -0.2) is 34.8 Å². The van der Waals surface area contributed by atoms with E-state index in [0.29, 0.717) is 12.2 Å². The summed E-state index contributed by atoms with van der Waals surface area (Å²) in [7, 11) is 0. The van der Waals surface area contributed by atoms with Crippen molar-refractivity contribution in [1.82, 2.24) is 4.98 Å². The zero-order valence-corrected chi connectivity index (χ0v) is 11.5. The zero-order chi connectivity index (χ0) is 13.7. The molecule has 0 radical (unpaired) electrons. The average Bonchev–Trinajstić information content (AvgIpc) is 2.82. The van der Waals surface area contributed by atoms with Crippen molar-refractivity contribution in [2.24, 2.45) is 0 Å². The van der Waals surface area contributed by atoms with Gasteiger partial charge in [0.15, 0.2) is 5.78 Å². The van der Waals surface area contributed by atoms with Gasteiger partial charge in [-0.15, -0.1) is 11.8 Å². The average molecular weight is 277 g/mol. The third-order valence-corrected chi connectivity index (χ3v) is 3.55. The Bertz CT molecular complexity index is 591. The maximum absolute atomic E-state index is 12.1. The van der Waals surface area contributed by atoms with E-state index in [-0.39, 0.29) is 23.3 Å². The van der Waals surface area contributed by atoms with E-state index in [0.717, 1.165) is 10.9 Å². The number of para-hydroxylation sites is 1. The summed E-state index contributed by atoms with van der Waals surface area (Å²) in [6, 6.07) is 7.66. The Labute approximate surface area is 115 Å². The molecular weight excluding hydrogens is 262 g/mol. The Morgan fingerprint density at radius 1 is 1.26 bits per heavy atom. The lowest BCUT2D eigenvalue weighted by atomic mass is 10.1. The minimum atomic E-state index is -0.278. The second-order valence-electron chi connectivity index (χ2n) is 3.97. The predicted molar refractivity (Wildman–Crippen MR) is 76.6 cm³/mol. The third kappa shape index (κ3) is 3.38. The monoisotopic (exact) mass is 277 g/mol. The van der Waals surface area contributed by atoms with Crippen molar-refractivity contribution in [3.63, 3.8) is 0 Å². The molecule has 1 aromatic carbocycles. The second-order valence-corrected chi connectivity index (χ2v) is 4.95. The van der Waals surface area contributed by atoms with E-state index in [4.69, 9.17) is 4.74 Å². The van der Waals surface area contributed by atoms with Crippen LogP contribution < -0.4 is 0 Å². The molecule has 0 aliphatic rings. The molecule has 0 unspecified atom stereocenters. The number of nitrogens with one attached hydrogen (secondary N) is 1. The van der Waals surface area contributed by atoms with Gasteiger partial charge in [0.1, 0.15) is 0 Å². The lowest BCUT2D eigenvalue weighted by Gasteiger charge is -2.01. The van der Waals surface area contributed by atoms with E-state index >= 15 is 0 Å². The number of hydrogen-bond acceptors (Lipinski definition) is 4. The van der Waals surface area contributed by atoms with Crippen LogP contribution in [0.4, 0.5) is 0 Å². The van der Waals surface area contributed by atoms with Gasteiger partial charge in [-0.05, 0) is 13.0 Å². The molecule has 1 aromatic heterocycles. The van der Waals surface area contributed by atoms with Gasteiger partial charge in [-0.25, -0.2) is 0 Å². The number of rotatable bonds is 6. The van der Waals surface area contributed by atoms with Crippen LogP contribution in [0.5, 0.6) is 0 Å². The number of carbonyl (C=O) groups excluding carboxylic acids is 2. The first-order valence-corrected chi connectivity index (χ1v) is 7.20. The fraction of sp³-hybridized carbons (Fsp3) is 0.286. The highest BCUT2D eigenvalue weighted by molar-refractivity contribution is 8.00. The van der Waals surface area contributed by atoms with E-state index in [9.17, 15) is 9.59 Å². The van der Waals surface area contributed by atoms with Crippen LogP contribution in [0, 0.1) is 0 Å². The molecule has 1 N–H and O–H groups in total. The molecule has 2 rings (SSSR count). The molecule has 5 heteroatoms. The molecule has 2 aromatic rings. The number of aromatic amines is 1. The van der Waals surface area contributed by atoms with Crippen molar-refractivity contribution in [3.8, 4) is 0 Å². The number of benzene rings is 1. The van der Waals surface area contributed by atoms with Gasteiger partial charge in [-0.1, -0.05) is 18.2 Å². The summed E-state index contributed by atoms with van der Waals surface area (Å²) in [5, 5.41) is 0.921. The number of thioether (sulfide) groups is 1. The van der Waals surface area contributed by atoms with Gasteiger partial charge in [0.2, 0.25) is 0 Å². The Kier molecular flexibility index (Phi) is 4.63. The number of ketones is 1. The van der Waals surface area contributed by atoms with Crippen molar-refractivity contribution >= 4 is 34.4 Å². The molecule has 0 bridgehead atoms. The van der Waals surface area contributed by atoms with Crippen LogP contribution in [0.15, 0.2) is 30.5 Å². The topological polar surface area (TPSA) is 59.2 Å². The molecule has 19 heavy (non-hydrogen) atoms. The number of esters is 1. The highest BCUT2D eigenvalue weighted by atomic mass is 32.2.